The second-order valence-electron chi connectivity index (χ2n) is 10.4. The van der Waals surface area contributed by atoms with Crippen molar-refractivity contribution in [2.45, 2.75) is 32.2 Å². The number of nitrogens with zero attached hydrogens (tertiary/aromatic N) is 2. The number of nitrogens with two attached hydrogens (primary N) is 1. The molecule has 1 atom stereocenters. The van der Waals surface area contributed by atoms with Gasteiger partial charge in [0.05, 0.1) is 10.2 Å². The lowest BCUT2D eigenvalue weighted by molar-refractivity contribution is -0.118. The summed E-state index contributed by atoms with van der Waals surface area (Å²) in [5, 5.41) is 15.1. The lowest BCUT2D eigenvalue weighted by atomic mass is 9.85. The first-order valence-electron chi connectivity index (χ1n) is 12.7. The Bertz CT molecular complexity index is 1540. The van der Waals surface area contributed by atoms with E-state index in [0.29, 0.717) is 29.2 Å². The van der Waals surface area contributed by atoms with E-state index in [9.17, 15) is 9.59 Å². The number of nitriles is 1. The maximum atomic E-state index is 13.3. The molecule has 0 fully saturated rings. The van der Waals surface area contributed by atoms with Gasteiger partial charge >= 0.3 is 6.09 Å². The average molecular weight is 540 g/mol. The Morgan fingerprint density at radius 2 is 1.77 bits per heavy atom. The molecule has 198 valence electrons. The van der Waals surface area contributed by atoms with Crippen LogP contribution in [0.2, 0.25) is 0 Å². The van der Waals surface area contributed by atoms with Gasteiger partial charge in [-0.3, -0.25) is 4.79 Å². The van der Waals surface area contributed by atoms with Crippen LogP contribution < -0.4 is 16.4 Å². The molecular formula is C30H29N5O3S. The van der Waals surface area contributed by atoms with Crippen LogP contribution in [0.4, 0.5) is 10.5 Å². The number of hydrogen-bond donors (Lipinski definition) is 3. The second-order valence-corrected chi connectivity index (χ2v) is 11.4. The minimum absolute atomic E-state index is 0.0830. The third-order valence-corrected chi connectivity index (χ3v) is 7.94. The van der Waals surface area contributed by atoms with Gasteiger partial charge in [-0.05, 0) is 58.8 Å². The minimum Gasteiger partial charge on any atom is -0.449 e. The highest BCUT2D eigenvalue weighted by molar-refractivity contribution is 7.19. The molecule has 4 N–H and O–H groups in total. The molecule has 1 aromatic heterocycles. The Morgan fingerprint density at radius 3 is 2.41 bits per heavy atom. The zero-order valence-electron chi connectivity index (χ0n) is 21.7. The smallest absolute Gasteiger partial charge is 0.407 e. The molecule has 9 heteroatoms. The van der Waals surface area contributed by atoms with Crippen molar-refractivity contribution in [2.24, 2.45) is 11.1 Å². The first-order chi connectivity index (χ1) is 18.8. The summed E-state index contributed by atoms with van der Waals surface area (Å²) >= 11 is 1.25. The van der Waals surface area contributed by atoms with Gasteiger partial charge in [0.2, 0.25) is 5.91 Å². The van der Waals surface area contributed by atoms with Crippen molar-refractivity contribution in [3.63, 3.8) is 0 Å². The van der Waals surface area contributed by atoms with E-state index in [-0.39, 0.29) is 18.4 Å². The molecule has 1 unspecified atom stereocenters. The zero-order valence-corrected chi connectivity index (χ0v) is 22.5. The van der Waals surface area contributed by atoms with Crippen molar-refractivity contribution >= 4 is 39.2 Å². The third-order valence-electron chi connectivity index (χ3n) is 7.01. The van der Waals surface area contributed by atoms with Crippen LogP contribution in [0.25, 0.3) is 21.3 Å². The van der Waals surface area contributed by atoms with Gasteiger partial charge in [0.15, 0.2) is 5.01 Å². The van der Waals surface area contributed by atoms with E-state index in [4.69, 9.17) is 15.7 Å². The predicted octanol–water partition coefficient (Wildman–Crippen LogP) is 5.39. The van der Waals surface area contributed by atoms with E-state index in [2.05, 4.69) is 39.9 Å². The number of alkyl carbamates (subject to hydrolysis) is 1. The maximum Gasteiger partial charge on any atom is 0.407 e. The number of aromatic nitrogens is 1. The number of thiazole rings is 1. The van der Waals surface area contributed by atoms with Crippen LogP contribution in [0.1, 0.15) is 42.3 Å². The monoisotopic (exact) mass is 539 g/mol. The van der Waals surface area contributed by atoms with E-state index in [1.807, 2.05) is 44.2 Å². The van der Waals surface area contributed by atoms with Crippen molar-refractivity contribution in [1.29, 1.82) is 5.26 Å². The van der Waals surface area contributed by atoms with E-state index in [1.54, 1.807) is 18.2 Å². The van der Waals surface area contributed by atoms with Crippen molar-refractivity contribution < 1.29 is 14.3 Å². The zero-order chi connectivity index (χ0) is 27.6. The highest BCUT2D eigenvalue weighted by Crippen LogP contribution is 2.44. The Hall–Kier alpha value is -4.26. The van der Waals surface area contributed by atoms with Gasteiger partial charge in [-0.15, -0.1) is 11.3 Å². The molecule has 3 aromatic carbocycles. The van der Waals surface area contributed by atoms with Gasteiger partial charge in [0, 0.05) is 11.6 Å². The van der Waals surface area contributed by atoms with Gasteiger partial charge in [0.25, 0.3) is 0 Å². The van der Waals surface area contributed by atoms with E-state index < -0.39 is 17.6 Å². The molecule has 2 amide bonds. The summed E-state index contributed by atoms with van der Waals surface area (Å²) in [4.78, 5) is 30.6. The fourth-order valence-corrected chi connectivity index (χ4v) is 5.71. The number of nitrogens with one attached hydrogen (secondary N) is 2. The number of benzene rings is 3. The first kappa shape index (κ1) is 26.4. The highest BCUT2D eigenvalue weighted by Gasteiger charge is 2.32. The van der Waals surface area contributed by atoms with Gasteiger partial charge in [-0.25, -0.2) is 9.78 Å². The number of rotatable bonds is 8. The summed E-state index contributed by atoms with van der Waals surface area (Å²) in [6, 6.07) is 22.7. The molecule has 1 aliphatic rings. The summed E-state index contributed by atoms with van der Waals surface area (Å²) in [5.74, 6) is -0.463. The summed E-state index contributed by atoms with van der Waals surface area (Å²) in [6.07, 6.45) is -0.345. The number of fused-ring (bicyclic) bond motifs is 4. The Balaban J connectivity index is 1.29. The molecule has 0 bridgehead atoms. The van der Waals surface area contributed by atoms with Crippen LogP contribution in [-0.4, -0.2) is 36.2 Å². The Kier molecular flexibility index (Phi) is 7.33. The molecule has 4 aromatic rings. The van der Waals surface area contributed by atoms with Gasteiger partial charge < -0.3 is 21.1 Å². The lowest BCUT2D eigenvalue weighted by Gasteiger charge is -2.28. The molecular weight excluding hydrogens is 510 g/mol. The Labute approximate surface area is 230 Å². The third kappa shape index (κ3) is 5.62. The quantitative estimate of drug-likeness (QED) is 0.275. The minimum atomic E-state index is -0.869. The summed E-state index contributed by atoms with van der Waals surface area (Å²) in [7, 11) is 0. The summed E-state index contributed by atoms with van der Waals surface area (Å²) in [5.41, 5.74) is 11.3. The van der Waals surface area contributed by atoms with Crippen LogP contribution in [-0.2, 0) is 9.53 Å². The number of hydrogen-bond acceptors (Lipinski definition) is 7. The van der Waals surface area contributed by atoms with Crippen LogP contribution in [0.15, 0.2) is 66.7 Å². The number of carbonyl (C=O) groups excluding carboxylic acids is 2. The van der Waals surface area contributed by atoms with Crippen molar-refractivity contribution in [2.75, 3.05) is 18.5 Å². The van der Waals surface area contributed by atoms with E-state index in [0.717, 1.165) is 27.0 Å². The van der Waals surface area contributed by atoms with Crippen molar-refractivity contribution in [1.82, 2.24) is 10.3 Å². The molecule has 0 aliphatic heterocycles. The molecule has 1 heterocycles. The van der Waals surface area contributed by atoms with Crippen LogP contribution in [0.3, 0.4) is 0 Å². The standard InChI is InChI=1S/C30H29N5O3S/c1-30(2,17-32)14-25(28(36)33-18-11-12-24-26(13-18)39-27(15-31)34-24)35-29(37)38-16-23-21-9-5-3-7-19(21)20-8-4-6-10-22(20)23/h3-13,23,25H,14,16-17,32H2,1-2H3,(H,33,36)(H,35,37). The topological polar surface area (TPSA) is 130 Å². The number of ether oxygens (including phenoxy) is 1. The van der Waals surface area contributed by atoms with E-state index in [1.165, 1.54) is 11.3 Å². The summed E-state index contributed by atoms with van der Waals surface area (Å²) < 4.78 is 6.48. The largest absolute Gasteiger partial charge is 0.449 e. The van der Waals surface area contributed by atoms with Crippen LogP contribution >= 0.6 is 11.3 Å². The average Bonchev–Trinajstić information content (AvgIpc) is 3.50. The molecule has 39 heavy (non-hydrogen) atoms. The number of anilines is 1. The first-order valence-corrected chi connectivity index (χ1v) is 13.5. The van der Waals surface area contributed by atoms with Gasteiger partial charge in [-0.1, -0.05) is 62.4 Å². The summed E-state index contributed by atoms with van der Waals surface area (Å²) in [6.45, 7) is 4.38. The molecule has 1 aliphatic carbocycles. The van der Waals surface area contributed by atoms with Gasteiger partial charge in [-0.2, -0.15) is 5.26 Å². The number of amides is 2. The van der Waals surface area contributed by atoms with Crippen molar-refractivity contribution in [3.05, 3.63) is 82.9 Å². The Morgan fingerprint density at radius 1 is 1.10 bits per heavy atom. The van der Waals surface area contributed by atoms with Crippen LogP contribution in [0.5, 0.6) is 0 Å². The van der Waals surface area contributed by atoms with Crippen molar-refractivity contribution in [3.8, 4) is 17.2 Å². The molecule has 8 nitrogen and oxygen atoms in total. The maximum absolute atomic E-state index is 13.3. The molecule has 0 saturated heterocycles. The lowest BCUT2D eigenvalue weighted by Crippen LogP contribution is -2.47. The second kappa shape index (κ2) is 10.8. The normalized spacial score (nSPS) is 13.3. The SMILES string of the molecule is CC(C)(CN)CC(NC(=O)OCC1c2ccccc2-c2ccccc21)C(=O)Nc1ccc2nc(C#N)sc2c1. The number of carbonyl (C=O) groups is 2. The molecule has 0 saturated carbocycles. The highest BCUT2D eigenvalue weighted by atomic mass is 32.1. The molecule has 0 radical (unpaired) electrons. The van der Waals surface area contributed by atoms with Crippen LogP contribution in [0, 0.1) is 16.7 Å². The van der Waals surface area contributed by atoms with Gasteiger partial charge in [0.1, 0.15) is 18.7 Å². The fourth-order valence-electron chi connectivity index (χ4n) is 4.91. The molecule has 5 rings (SSSR count). The predicted molar refractivity (Wildman–Crippen MR) is 152 cm³/mol. The molecule has 0 spiro atoms. The fraction of sp³-hybridized carbons (Fsp3) is 0.267. The van der Waals surface area contributed by atoms with E-state index >= 15 is 0 Å².